The van der Waals surface area contributed by atoms with Crippen LogP contribution in [0.4, 0.5) is 13.2 Å². The van der Waals surface area contributed by atoms with E-state index in [1.807, 2.05) is 0 Å². The van der Waals surface area contributed by atoms with Crippen molar-refractivity contribution in [1.82, 2.24) is 4.98 Å². The molecule has 7 heteroatoms. The van der Waals surface area contributed by atoms with Crippen LogP contribution in [0.5, 0.6) is 5.75 Å². The first-order valence-electron chi connectivity index (χ1n) is 7.78. The van der Waals surface area contributed by atoms with Gasteiger partial charge in [0.05, 0.1) is 28.9 Å². The molecule has 0 bridgehead atoms. The number of benzene rings is 2. The average molecular weight is 361 g/mol. The van der Waals surface area contributed by atoms with Crippen LogP contribution in [0.1, 0.15) is 22.8 Å². The molecule has 0 aliphatic heterocycles. The zero-order valence-electron chi connectivity index (χ0n) is 13.7. The number of hydrogen-bond acceptors (Lipinski definition) is 3. The zero-order valence-corrected chi connectivity index (χ0v) is 13.7. The van der Waals surface area contributed by atoms with Crippen LogP contribution >= 0.6 is 0 Å². The fourth-order valence-electron chi connectivity index (χ4n) is 2.73. The fraction of sp³-hybridized carbons (Fsp3) is 0.158. The summed E-state index contributed by atoms with van der Waals surface area (Å²) in [7, 11) is 0. The summed E-state index contributed by atoms with van der Waals surface area (Å²) >= 11 is 0. The Kier molecular flexibility index (Phi) is 4.54. The molecule has 1 N–H and O–H groups in total. The number of pyridine rings is 1. The van der Waals surface area contributed by atoms with Gasteiger partial charge in [-0.2, -0.15) is 13.2 Å². The molecule has 2 aromatic carbocycles. The van der Waals surface area contributed by atoms with E-state index in [9.17, 15) is 23.1 Å². The van der Waals surface area contributed by atoms with Gasteiger partial charge < -0.3 is 9.84 Å². The van der Waals surface area contributed by atoms with E-state index in [1.54, 1.807) is 13.0 Å². The van der Waals surface area contributed by atoms with Crippen LogP contribution in [0, 0.1) is 0 Å². The Morgan fingerprint density at radius 2 is 1.88 bits per heavy atom. The van der Waals surface area contributed by atoms with E-state index in [0.29, 0.717) is 17.7 Å². The van der Waals surface area contributed by atoms with Crippen LogP contribution in [0.25, 0.3) is 22.2 Å². The molecule has 1 heterocycles. The molecule has 3 rings (SSSR count). The van der Waals surface area contributed by atoms with Crippen molar-refractivity contribution in [3.8, 4) is 17.0 Å². The summed E-state index contributed by atoms with van der Waals surface area (Å²) < 4.78 is 45.2. The molecule has 0 atom stereocenters. The van der Waals surface area contributed by atoms with Gasteiger partial charge >= 0.3 is 12.1 Å². The first kappa shape index (κ1) is 17.7. The summed E-state index contributed by atoms with van der Waals surface area (Å²) in [5, 5.41) is 9.82. The zero-order chi connectivity index (χ0) is 18.9. The molecule has 0 spiro atoms. The number of carbonyl (C=O) groups is 1. The van der Waals surface area contributed by atoms with Gasteiger partial charge in [0, 0.05) is 10.9 Å². The lowest BCUT2D eigenvalue weighted by Crippen LogP contribution is -2.08. The van der Waals surface area contributed by atoms with E-state index in [0.717, 1.165) is 12.1 Å². The summed E-state index contributed by atoms with van der Waals surface area (Å²) in [6, 6.07) is 10.8. The van der Waals surface area contributed by atoms with Gasteiger partial charge in [-0.25, -0.2) is 9.78 Å². The number of aromatic nitrogens is 1. The van der Waals surface area contributed by atoms with E-state index >= 15 is 0 Å². The summed E-state index contributed by atoms with van der Waals surface area (Å²) in [5.74, 6) is -0.787. The van der Waals surface area contributed by atoms with E-state index in [4.69, 9.17) is 4.74 Å². The van der Waals surface area contributed by atoms with Gasteiger partial charge in [-0.15, -0.1) is 0 Å². The fourth-order valence-corrected chi connectivity index (χ4v) is 2.73. The number of carboxylic acids is 1. The lowest BCUT2D eigenvalue weighted by molar-refractivity contribution is -0.137. The Morgan fingerprint density at radius 1 is 1.15 bits per heavy atom. The second-order valence-corrected chi connectivity index (χ2v) is 5.52. The highest BCUT2D eigenvalue weighted by Gasteiger charge is 2.34. The van der Waals surface area contributed by atoms with Gasteiger partial charge in [0.25, 0.3) is 0 Å². The predicted molar refractivity (Wildman–Crippen MR) is 90.3 cm³/mol. The summed E-state index contributed by atoms with van der Waals surface area (Å²) in [4.78, 5) is 15.9. The van der Waals surface area contributed by atoms with E-state index in [1.165, 1.54) is 30.3 Å². The number of aromatic carboxylic acids is 1. The smallest absolute Gasteiger partial charge is 0.417 e. The number of ether oxygens (including phenoxy) is 1. The molecule has 0 saturated heterocycles. The largest absolute Gasteiger partial charge is 0.494 e. The van der Waals surface area contributed by atoms with E-state index < -0.39 is 17.7 Å². The number of rotatable bonds is 4. The maximum absolute atomic E-state index is 13.3. The molecule has 0 aliphatic carbocycles. The number of halogens is 3. The van der Waals surface area contributed by atoms with Gasteiger partial charge in [-0.05, 0) is 37.3 Å². The molecular weight excluding hydrogens is 347 g/mol. The number of carboxylic acid groups (broad SMARTS) is 1. The molecule has 0 aliphatic rings. The van der Waals surface area contributed by atoms with Gasteiger partial charge in [-0.3, -0.25) is 0 Å². The first-order valence-corrected chi connectivity index (χ1v) is 7.78. The molecular formula is C19H14F3NO3. The lowest BCUT2D eigenvalue weighted by Gasteiger charge is -2.14. The standard InChI is InChI=1S/C19H14F3NO3/c1-2-26-11-7-8-16-13(9-11)14(18(24)25)10-17(23-16)12-5-3-4-6-15(12)19(20,21)22/h3-10H,2H2,1H3,(H,24,25). The molecule has 0 radical (unpaired) electrons. The van der Waals surface area contributed by atoms with E-state index in [-0.39, 0.29) is 22.3 Å². The number of hydrogen-bond donors (Lipinski definition) is 1. The van der Waals surface area contributed by atoms with Crippen LogP contribution in [-0.4, -0.2) is 22.7 Å². The molecule has 26 heavy (non-hydrogen) atoms. The van der Waals surface area contributed by atoms with Crippen LogP contribution < -0.4 is 4.74 Å². The Labute approximate surface area is 146 Å². The highest BCUT2D eigenvalue weighted by molar-refractivity contribution is 6.04. The predicted octanol–water partition coefficient (Wildman–Crippen LogP) is 5.02. The van der Waals surface area contributed by atoms with Gasteiger partial charge in [0.2, 0.25) is 0 Å². The van der Waals surface area contributed by atoms with Gasteiger partial charge in [-0.1, -0.05) is 18.2 Å². The maximum Gasteiger partial charge on any atom is 0.417 e. The third-order valence-corrected chi connectivity index (χ3v) is 3.83. The van der Waals surface area contributed by atoms with Crippen molar-refractivity contribution in [3.05, 3.63) is 59.7 Å². The molecule has 0 amide bonds. The topological polar surface area (TPSA) is 59.4 Å². The third-order valence-electron chi connectivity index (χ3n) is 3.83. The second-order valence-electron chi connectivity index (χ2n) is 5.52. The summed E-state index contributed by atoms with van der Waals surface area (Å²) in [5.41, 5.74) is -0.941. The molecule has 3 aromatic rings. The van der Waals surface area contributed by atoms with Crippen LogP contribution in [0.15, 0.2) is 48.5 Å². The Balaban J connectivity index is 2.27. The molecule has 0 saturated carbocycles. The van der Waals surface area contributed by atoms with E-state index in [2.05, 4.69) is 4.98 Å². The van der Waals surface area contributed by atoms with Crippen molar-refractivity contribution in [1.29, 1.82) is 0 Å². The Hall–Kier alpha value is -3.09. The minimum absolute atomic E-state index is 0.0491. The SMILES string of the molecule is CCOc1ccc2nc(-c3ccccc3C(F)(F)F)cc(C(=O)O)c2c1. The molecule has 134 valence electrons. The van der Waals surface area contributed by atoms with Crippen molar-refractivity contribution < 1.29 is 27.8 Å². The molecule has 1 aromatic heterocycles. The number of alkyl halides is 3. The van der Waals surface area contributed by atoms with Crippen LogP contribution in [0.2, 0.25) is 0 Å². The molecule has 0 unspecified atom stereocenters. The Bertz CT molecular complexity index is 983. The normalized spacial score (nSPS) is 11.5. The number of fused-ring (bicyclic) bond motifs is 1. The quantitative estimate of drug-likeness (QED) is 0.709. The second kappa shape index (κ2) is 6.67. The minimum atomic E-state index is -4.57. The van der Waals surface area contributed by atoms with Gasteiger partial charge in [0.15, 0.2) is 0 Å². The van der Waals surface area contributed by atoms with Crippen LogP contribution in [0.3, 0.4) is 0 Å². The lowest BCUT2D eigenvalue weighted by atomic mass is 10.00. The monoisotopic (exact) mass is 361 g/mol. The van der Waals surface area contributed by atoms with Crippen molar-refractivity contribution in [3.63, 3.8) is 0 Å². The van der Waals surface area contributed by atoms with Crippen molar-refractivity contribution in [2.24, 2.45) is 0 Å². The average Bonchev–Trinajstić information content (AvgIpc) is 2.60. The third kappa shape index (κ3) is 3.33. The number of nitrogens with zero attached hydrogens (tertiary/aromatic N) is 1. The van der Waals surface area contributed by atoms with Crippen LogP contribution in [-0.2, 0) is 6.18 Å². The Morgan fingerprint density at radius 3 is 2.54 bits per heavy atom. The van der Waals surface area contributed by atoms with Crippen molar-refractivity contribution >= 4 is 16.9 Å². The summed E-state index contributed by atoms with van der Waals surface area (Å²) in [6.45, 7) is 2.19. The molecule has 0 fully saturated rings. The highest BCUT2D eigenvalue weighted by Crippen LogP contribution is 2.37. The van der Waals surface area contributed by atoms with Gasteiger partial charge in [0.1, 0.15) is 5.75 Å². The summed E-state index contributed by atoms with van der Waals surface area (Å²) in [6.07, 6.45) is -4.57. The van der Waals surface area contributed by atoms with Crippen molar-refractivity contribution in [2.45, 2.75) is 13.1 Å². The molecule has 4 nitrogen and oxygen atoms in total. The maximum atomic E-state index is 13.3. The highest BCUT2D eigenvalue weighted by atomic mass is 19.4. The van der Waals surface area contributed by atoms with Crippen molar-refractivity contribution in [2.75, 3.05) is 6.61 Å². The minimum Gasteiger partial charge on any atom is -0.494 e. The first-order chi connectivity index (χ1) is 12.3.